The Labute approximate surface area is 120 Å². The van der Waals surface area contributed by atoms with E-state index in [1.807, 2.05) is 0 Å². The first-order chi connectivity index (χ1) is 10.00. The predicted octanol–water partition coefficient (Wildman–Crippen LogP) is -2.72. The fourth-order valence-corrected chi connectivity index (χ4v) is 2.95. The SMILES string of the molecule is O=C1CNC(C(=O)N2CCC3(CC2)NC(=O)NC3=O)CN1. The van der Waals surface area contributed by atoms with Crippen molar-refractivity contribution < 1.29 is 19.2 Å². The number of piperazine rings is 1. The molecule has 3 aliphatic heterocycles. The number of urea groups is 1. The van der Waals surface area contributed by atoms with E-state index < -0.39 is 17.6 Å². The number of hydrogen-bond acceptors (Lipinski definition) is 5. The number of nitrogens with zero attached hydrogens (tertiary/aromatic N) is 1. The lowest BCUT2D eigenvalue weighted by molar-refractivity contribution is -0.138. The van der Waals surface area contributed by atoms with Crippen LogP contribution in [-0.4, -0.2) is 66.4 Å². The molecule has 3 aliphatic rings. The highest BCUT2D eigenvalue weighted by Gasteiger charge is 2.48. The molecule has 114 valence electrons. The summed E-state index contributed by atoms with van der Waals surface area (Å²) in [7, 11) is 0. The van der Waals surface area contributed by atoms with Gasteiger partial charge in [-0.15, -0.1) is 0 Å². The third-order valence-electron chi connectivity index (χ3n) is 4.25. The molecular weight excluding hydrogens is 278 g/mol. The average Bonchev–Trinajstić information content (AvgIpc) is 2.74. The maximum atomic E-state index is 12.3. The van der Waals surface area contributed by atoms with Gasteiger partial charge in [-0.2, -0.15) is 0 Å². The normalized spacial score (nSPS) is 28.1. The van der Waals surface area contributed by atoms with Gasteiger partial charge >= 0.3 is 6.03 Å². The summed E-state index contributed by atoms with van der Waals surface area (Å²) in [6.45, 7) is 1.21. The summed E-state index contributed by atoms with van der Waals surface area (Å²) in [5.41, 5.74) is -0.873. The van der Waals surface area contributed by atoms with Crippen molar-refractivity contribution in [2.75, 3.05) is 26.2 Å². The zero-order chi connectivity index (χ0) is 15.0. The summed E-state index contributed by atoms with van der Waals surface area (Å²) in [4.78, 5) is 48.1. The molecule has 0 bridgehead atoms. The summed E-state index contributed by atoms with van der Waals surface area (Å²) in [5.74, 6) is -0.528. The molecule has 9 nitrogen and oxygen atoms in total. The number of carbonyl (C=O) groups is 4. The van der Waals surface area contributed by atoms with Crippen LogP contribution in [0.5, 0.6) is 0 Å². The van der Waals surface area contributed by atoms with Gasteiger partial charge in [-0.25, -0.2) is 4.79 Å². The molecule has 0 aromatic heterocycles. The van der Waals surface area contributed by atoms with Gasteiger partial charge in [0.1, 0.15) is 11.6 Å². The Morgan fingerprint density at radius 3 is 2.43 bits per heavy atom. The van der Waals surface area contributed by atoms with E-state index in [9.17, 15) is 19.2 Å². The smallest absolute Gasteiger partial charge is 0.322 e. The van der Waals surface area contributed by atoms with Crippen molar-refractivity contribution in [1.29, 1.82) is 0 Å². The first-order valence-electron chi connectivity index (χ1n) is 6.93. The molecule has 21 heavy (non-hydrogen) atoms. The Balaban J connectivity index is 1.58. The van der Waals surface area contributed by atoms with Crippen LogP contribution in [0, 0.1) is 0 Å². The largest absolute Gasteiger partial charge is 0.353 e. The molecule has 3 heterocycles. The molecule has 4 N–H and O–H groups in total. The Hall–Kier alpha value is -2.16. The summed E-state index contributed by atoms with van der Waals surface area (Å²) in [5, 5.41) is 10.4. The first-order valence-corrected chi connectivity index (χ1v) is 6.93. The topological polar surface area (TPSA) is 120 Å². The Morgan fingerprint density at radius 1 is 1.19 bits per heavy atom. The van der Waals surface area contributed by atoms with Crippen LogP contribution in [0.15, 0.2) is 0 Å². The van der Waals surface area contributed by atoms with Crippen LogP contribution in [0.25, 0.3) is 0 Å². The van der Waals surface area contributed by atoms with Crippen molar-refractivity contribution in [3.63, 3.8) is 0 Å². The van der Waals surface area contributed by atoms with Gasteiger partial charge in [-0.3, -0.25) is 25.0 Å². The standard InChI is InChI=1S/C12H17N5O4/c18-8-6-13-7(5-14-8)9(19)17-3-1-12(2-4-17)10(20)15-11(21)16-12/h7,13H,1-6H2,(H,14,18)(H2,15,16,20,21). The number of amides is 5. The summed E-state index contributed by atoms with van der Waals surface area (Å²) in [6.07, 6.45) is 0.796. The van der Waals surface area contributed by atoms with E-state index >= 15 is 0 Å². The highest BCUT2D eigenvalue weighted by molar-refractivity contribution is 6.07. The van der Waals surface area contributed by atoms with Crippen LogP contribution in [0.4, 0.5) is 4.79 Å². The molecule has 1 spiro atoms. The molecule has 5 amide bonds. The maximum Gasteiger partial charge on any atom is 0.322 e. The fraction of sp³-hybridized carbons (Fsp3) is 0.667. The van der Waals surface area contributed by atoms with Crippen molar-refractivity contribution in [3.8, 4) is 0 Å². The average molecular weight is 295 g/mol. The number of rotatable bonds is 1. The van der Waals surface area contributed by atoms with Crippen molar-refractivity contribution in [1.82, 2.24) is 26.2 Å². The monoisotopic (exact) mass is 295 g/mol. The van der Waals surface area contributed by atoms with Crippen molar-refractivity contribution in [2.24, 2.45) is 0 Å². The van der Waals surface area contributed by atoms with Crippen LogP contribution in [0.1, 0.15) is 12.8 Å². The molecular formula is C12H17N5O4. The molecule has 0 aliphatic carbocycles. The summed E-state index contributed by atoms with van der Waals surface area (Å²) in [6, 6.07) is -0.903. The highest BCUT2D eigenvalue weighted by Crippen LogP contribution is 2.25. The third-order valence-corrected chi connectivity index (χ3v) is 4.25. The quantitative estimate of drug-likeness (QED) is 0.392. The van der Waals surface area contributed by atoms with E-state index in [0.29, 0.717) is 25.9 Å². The van der Waals surface area contributed by atoms with E-state index in [1.165, 1.54) is 0 Å². The van der Waals surface area contributed by atoms with Crippen molar-refractivity contribution in [3.05, 3.63) is 0 Å². The molecule has 0 aromatic carbocycles. The van der Waals surface area contributed by atoms with Gasteiger partial charge in [0.2, 0.25) is 11.8 Å². The molecule has 3 fully saturated rings. The lowest BCUT2D eigenvalue weighted by Gasteiger charge is -2.38. The zero-order valence-corrected chi connectivity index (χ0v) is 11.4. The van der Waals surface area contributed by atoms with Gasteiger partial charge in [-0.1, -0.05) is 0 Å². The molecule has 9 heteroatoms. The second kappa shape index (κ2) is 4.99. The van der Waals surface area contributed by atoms with E-state index in [0.717, 1.165) is 0 Å². The van der Waals surface area contributed by atoms with Crippen molar-refractivity contribution in [2.45, 2.75) is 24.4 Å². The van der Waals surface area contributed by atoms with Gasteiger partial charge in [0, 0.05) is 19.6 Å². The lowest BCUT2D eigenvalue weighted by atomic mass is 9.87. The van der Waals surface area contributed by atoms with Crippen LogP contribution < -0.4 is 21.3 Å². The van der Waals surface area contributed by atoms with Crippen LogP contribution in [-0.2, 0) is 14.4 Å². The maximum absolute atomic E-state index is 12.3. The van der Waals surface area contributed by atoms with E-state index in [4.69, 9.17) is 0 Å². The van der Waals surface area contributed by atoms with Gasteiger partial charge < -0.3 is 15.5 Å². The van der Waals surface area contributed by atoms with Crippen LogP contribution in [0.2, 0.25) is 0 Å². The molecule has 0 radical (unpaired) electrons. The number of carbonyl (C=O) groups excluding carboxylic acids is 4. The zero-order valence-electron chi connectivity index (χ0n) is 11.4. The Morgan fingerprint density at radius 2 is 1.90 bits per heavy atom. The van der Waals surface area contributed by atoms with E-state index in [2.05, 4.69) is 21.3 Å². The first kappa shape index (κ1) is 13.8. The van der Waals surface area contributed by atoms with Crippen LogP contribution >= 0.6 is 0 Å². The second-order valence-electron chi connectivity index (χ2n) is 5.55. The highest BCUT2D eigenvalue weighted by atomic mass is 16.2. The number of hydrogen-bond donors (Lipinski definition) is 4. The number of piperidine rings is 1. The lowest BCUT2D eigenvalue weighted by Crippen LogP contribution is -2.62. The number of nitrogens with one attached hydrogen (secondary N) is 4. The van der Waals surface area contributed by atoms with E-state index in [-0.39, 0.29) is 30.8 Å². The molecule has 1 atom stereocenters. The van der Waals surface area contributed by atoms with Gasteiger partial charge in [0.05, 0.1) is 6.54 Å². The molecule has 3 saturated heterocycles. The minimum absolute atomic E-state index is 0.0884. The number of imide groups is 1. The summed E-state index contributed by atoms with van der Waals surface area (Å²) >= 11 is 0. The predicted molar refractivity (Wildman–Crippen MR) is 70.0 cm³/mol. The number of likely N-dealkylation sites (tertiary alicyclic amines) is 1. The van der Waals surface area contributed by atoms with Crippen LogP contribution in [0.3, 0.4) is 0 Å². The molecule has 3 rings (SSSR count). The fourth-order valence-electron chi connectivity index (χ4n) is 2.95. The minimum atomic E-state index is -0.873. The second-order valence-corrected chi connectivity index (χ2v) is 5.55. The minimum Gasteiger partial charge on any atom is -0.353 e. The molecule has 0 saturated carbocycles. The van der Waals surface area contributed by atoms with Crippen molar-refractivity contribution >= 4 is 23.8 Å². The van der Waals surface area contributed by atoms with Gasteiger partial charge in [-0.05, 0) is 12.8 Å². The van der Waals surface area contributed by atoms with Gasteiger partial charge in [0.15, 0.2) is 0 Å². The Kier molecular flexibility index (Phi) is 3.28. The molecule has 0 aromatic rings. The van der Waals surface area contributed by atoms with E-state index in [1.54, 1.807) is 4.90 Å². The Bertz CT molecular complexity index is 502. The molecule has 1 unspecified atom stereocenters. The third kappa shape index (κ3) is 2.44. The van der Waals surface area contributed by atoms with Gasteiger partial charge in [0.25, 0.3) is 5.91 Å². The summed E-state index contributed by atoms with van der Waals surface area (Å²) < 4.78 is 0.